The second kappa shape index (κ2) is 32.1. The lowest BCUT2D eigenvalue weighted by Gasteiger charge is -2.21. The zero-order valence-electron chi connectivity index (χ0n) is 33.9. The van der Waals surface area contributed by atoms with E-state index in [1.807, 2.05) is 0 Å². The first-order chi connectivity index (χ1) is 26.4. The van der Waals surface area contributed by atoms with E-state index in [0.717, 1.165) is 38.5 Å². The molecule has 12 heteroatoms. The second-order valence-corrected chi connectivity index (χ2v) is 15.3. The van der Waals surface area contributed by atoms with E-state index in [0.29, 0.717) is 44.2 Å². The zero-order valence-corrected chi connectivity index (χ0v) is 33.9. The van der Waals surface area contributed by atoms with E-state index in [1.165, 1.54) is 51.4 Å². The molecule has 0 aliphatic heterocycles. The third-order valence-electron chi connectivity index (χ3n) is 10.1. The Hall–Kier alpha value is -3.06. The highest BCUT2D eigenvalue weighted by molar-refractivity contribution is 5.93. The molecule has 0 fully saturated rings. The predicted molar refractivity (Wildman–Crippen MR) is 216 cm³/mol. The number of benzene rings is 1. The Labute approximate surface area is 330 Å². The van der Waals surface area contributed by atoms with Gasteiger partial charge in [-0.05, 0) is 56.9 Å². The third kappa shape index (κ3) is 27.2. The summed E-state index contributed by atoms with van der Waals surface area (Å²) in [6.07, 6.45) is 14.8. The van der Waals surface area contributed by atoms with E-state index in [9.17, 15) is 44.7 Å². The van der Waals surface area contributed by atoms with Crippen molar-refractivity contribution in [2.24, 2.45) is 0 Å². The fourth-order valence-corrected chi connectivity index (χ4v) is 6.59. The lowest BCUT2D eigenvalue weighted by atomic mass is 9.99. The van der Waals surface area contributed by atoms with Gasteiger partial charge in [0.05, 0.1) is 37.3 Å². The van der Waals surface area contributed by atoms with Crippen molar-refractivity contribution in [2.45, 2.75) is 204 Å². The molecule has 55 heavy (non-hydrogen) atoms. The van der Waals surface area contributed by atoms with E-state index < -0.39 is 66.6 Å². The number of aliphatic carboxylic acids is 1. The number of carbonyl (C=O) groups excluding carboxylic acids is 3. The topological polar surface area (TPSA) is 206 Å². The van der Waals surface area contributed by atoms with Crippen LogP contribution in [0, 0.1) is 0 Å². The molecule has 0 spiro atoms. The van der Waals surface area contributed by atoms with Crippen molar-refractivity contribution in [3.05, 3.63) is 35.9 Å². The molecule has 316 valence electrons. The Balaban J connectivity index is 2.61. The first-order valence-corrected chi connectivity index (χ1v) is 21.3. The van der Waals surface area contributed by atoms with Gasteiger partial charge in [-0.15, -0.1) is 0 Å². The van der Waals surface area contributed by atoms with Crippen LogP contribution < -0.4 is 16.0 Å². The highest BCUT2D eigenvalue weighted by atomic mass is 16.4. The SMILES string of the molecule is CCCCCCCCCCCCCCNC(=O)C(CC(=O)N[C@@H](Cc1ccccc1)C(=O)O)NC(=O)CC(O)CCC(O)CCC(O)CCC(O)CCCC. The average molecular weight is 778 g/mol. The molecule has 5 unspecified atom stereocenters. The van der Waals surface area contributed by atoms with Crippen molar-refractivity contribution < 1.29 is 44.7 Å². The highest BCUT2D eigenvalue weighted by Crippen LogP contribution is 2.16. The summed E-state index contributed by atoms with van der Waals surface area (Å²) in [5.41, 5.74) is 0.716. The van der Waals surface area contributed by atoms with Gasteiger partial charge >= 0.3 is 5.97 Å². The van der Waals surface area contributed by atoms with E-state index in [4.69, 9.17) is 0 Å². The Bertz CT molecular complexity index is 1160. The van der Waals surface area contributed by atoms with Gasteiger partial charge in [0.15, 0.2) is 0 Å². The summed E-state index contributed by atoms with van der Waals surface area (Å²) in [7, 11) is 0. The zero-order chi connectivity index (χ0) is 40.7. The van der Waals surface area contributed by atoms with Gasteiger partial charge in [-0.1, -0.05) is 128 Å². The van der Waals surface area contributed by atoms with Gasteiger partial charge in [-0.25, -0.2) is 4.79 Å². The Kier molecular flexibility index (Phi) is 29.1. The number of aliphatic hydroxyl groups is 4. The van der Waals surface area contributed by atoms with Crippen LogP contribution >= 0.6 is 0 Å². The number of hydrogen-bond donors (Lipinski definition) is 8. The smallest absolute Gasteiger partial charge is 0.326 e. The van der Waals surface area contributed by atoms with Crippen LogP contribution in [0.1, 0.15) is 167 Å². The Morgan fingerprint density at radius 1 is 0.527 bits per heavy atom. The molecule has 0 saturated heterocycles. The molecule has 1 rings (SSSR count). The number of carboxylic acids is 1. The van der Waals surface area contributed by atoms with Crippen LogP contribution in [0.3, 0.4) is 0 Å². The van der Waals surface area contributed by atoms with Crippen molar-refractivity contribution in [2.75, 3.05) is 6.54 Å². The minimum absolute atomic E-state index is 0.0449. The van der Waals surface area contributed by atoms with Crippen LogP contribution in [0.5, 0.6) is 0 Å². The Morgan fingerprint density at radius 2 is 0.964 bits per heavy atom. The van der Waals surface area contributed by atoms with Crippen LogP contribution in [0.4, 0.5) is 0 Å². The molecule has 0 aliphatic carbocycles. The number of rotatable bonds is 35. The number of carbonyl (C=O) groups is 4. The molecule has 0 aromatic heterocycles. The number of unbranched alkanes of at least 4 members (excludes halogenated alkanes) is 12. The molecule has 1 aromatic carbocycles. The summed E-state index contributed by atoms with van der Waals surface area (Å²) in [6, 6.07) is 6.33. The molecule has 0 bridgehead atoms. The summed E-state index contributed by atoms with van der Waals surface area (Å²) >= 11 is 0. The molecule has 0 saturated carbocycles. The quantitative estimate of drug-likeness (QED) is 0.0389. The van der Waals surface area contributed by atoms with Gasteiger partial charge in [-0.2, -0.15) is 0 Å². The number of aliphatic hydroxyl groups excluding tert-OH is 4. The van der Waals surface area contributed by atoms with Crippen LogP contribution in [-0.2, 0) is 25.6 Å². The number of hydrogen-bond acceptors (Lipinski definition) is 8. The largest absolute Gasteiger partial charge is 0.480 e. The number of amides is 3. The normalized spacial score (nSPS) is 14.7. The van der Waals surface area contributed by atoms with Crippen LogP contribution in [0.15, 0.2) is 30.3 Å². The maximum absolute atomic E-state index is 13.2. The number of nitrogens with one attached hydrogen (secondary N) is 3. The van der Waals surface area contributed by atoms with E-state index in [-0.39, 0.29) is 25.7 Å². The molecule has 6 atom stereocenters. The van der Waals surface area contributed by atoms with E-state index in [2.05, 4.69) is 29.8 Å². The summed E-state index contributed by atoms with van der Waals surface area (Å²) in [6.45, 7) is 4.64. The molecule has 12 nitrogen and oxygen atoms in total. The second-order valence-electron chi connectivity index (χ2n) is 15.3. The van der Waals surface area contributed by atoms with Gasteiger partial charge < -0.3 is 41.5 Å². The van der Waals surface area contributed by atoms with Crippen LogP contribution in [0.2, 0.25) is 0 Å². The summed E-state index contributed by atoms with van der Waals surface area (Å²) in [4.78, 5) is 51.2. The molecular formula is C43H75N3O9. The Morgan fingerprint density at radius 3 is 1.47 bits per heavy atom. The van der Waals surface area contributed by atoms with E-state index >= 15 is 0 Å². The van der Waals surface area contributed by atoms with Gasteiger partial charge in [0.2, 0.25) is 17.7 Å². The molecular weight excluding hydrogens is 702 g/mol. The van der Waals surface area contributed by atoms with Crippen LogP contribution in [0.25, 0.3) is 0 Å². The standard InChI is InChI=1S/C43H75N3O9/c1-3-5-7-8-9-10-11-12-13-14-15-19-29-44-42(53)38(32-41(52)46-39(43(54)55)30-33-20-17-16-18-21-33)45-40(51)31-37(50)28-27-36(49)26-25-35(48)24-23-34(47)22-6-4-2/h16-18,20-21,34-39,47-50H,3-15,19,22-32H2,1-2H3,(H,44,53)(H,45,51)(H,46,52)(H,54,55)/t34?,35?,36?,37?,38?,39-/m0/s1. The molecule has 3 amide bonds. The fraction of sp³-hybridized carbons (Fsp3) is 0.767. The molecule has 0 radical (unpaired) electrons. The van der Waals surface area contributed by atoms with Crippen molar-refractivity contribution in [3.8, 4) is 0 Å². The minimum atomic E-state index is -1.28. The average Bonchev–Trinajstić information content (AvgIpc) is 3.16. The summed E-state index contributed by atoms with van der Waals surface area (Å²) in [5, 5.41) is 58.8. The van der Waals surface area contributed by atoms with Gasteiger partial charge in [0.1, 0.15) is 12.1 Å². The molecule has 0 aliphatic rings. The van der Waals surface area contributed by atoms with Gasteiger partial charge in [0, 0.05) is 13.0 Å². The monoisotopic (exact) mass is 778 g/mol. The lowest BCUT2D eigenvalue weighted by Crippen LogP contribution is -2.51. The number of carboxylic acid groups (broad SMARTS) is 1. The van der Waals surface area contributed by atoms with Crippen molar-refractivity contribution in [1.29, 1.82) is 0 Å². The van der Waals surface area contributed by atoms with Gasteiger partial charge in [-0.3, -0.25) is 14.4 Å². The lowest BCUT2D eigenvalue weighted by molar-refractivity contribution is -0.142. The fourth-order valence-electron chi connectivity index (χ4n) is 6.59. The van der Waals surface area contributed by atoms with Crippen molar-refractivity contribution in [3.63, 3.8) is 0 Å². The predicted octanol–water partition coefficient (Wildman–Crippen LogP) is 5.86. The first-order valence-electron chi connectivity index (χ1n) is 21.3. The minimum Gasteiger partial charge on any atom is -0.480 e. The molecule has 0 heterocycles. The molecule has 1 aromatic rings. The first kappa shape index (κ1) is 50.0. The van der Waals surface area contributed by atoms with Crippen molar-refractivity contribution in [1.82, 2.24) is 16.0 Å². The van der Waals surface area contributed by atoms with E-state index in [1.54, 1.807) is 30.3 Å². The van der Waals surface area contributed by atoms with Crippen molar-refractivity contribution >= 4 is 23.7 Å². The third-order valence-corrected chi connectivity index (χ3v) is 10.1. The molecule has 8 N–H and O–H groups in total. The summed E-state index contributed by atoms with van der Waals surface area (Å²) < 4.78 is 0. The maximum Gasteiger partial charge on any atom is 0.326 e. The van der Waals surface area contributed by atoms with Crippen LogP contribution in [-0.4, -0.2) is 92.3 Å². The van der Waals surface area contributed by atoms with Gasteiger partial charge in [0.25, 0.3) is 0 Å². The highest BCUT2D eigenvalue weighted by Gasteiger charge is 2.28. The summed E-state index contributed by atoms with van der Waals surface area (Å²) in [5.74, 6) is -3.16. The maximum atomic E-state index is 13.2.